The van der Waals surface area contributed by atoms with Crippen LogP contribution in [0.4, 0.5) is 8.78 Å². The Kier molecular flexibility index (Phi) is 9.54. The van der Waals surface area contributed by atoms with Crippen LogP contribution in [-0.2, 0) is 38.4 Å². The highest BCUT2D eigenvalue weighted by molar-refractivity contribution is 7.11. The van der Waals surface area contributed by atoms with Gasteiger partial charge in [-0.3, -0.25) is 14.5 Å². The summed E-state index contributed by atoms with van der Waals surface area (Å²) in [5.74, 6) is -3.08. The van der Waals surface area contributed by atoms with E-state index in [1.807, 2.05) is 6.20 Å². The van der Waals surface area contributed by atoms with Crippen molar-refractivity contribution < 1.29 is 27.8 Å². The van der Waals surface area contributed by atoms with Gasteiger partial charge in [0.05, 0.1) is 43.0 Å². The number of aryl methyl sites for hydroxylation is 2. The Balaban J connectivity index is 0.00000387. The molecule has 41 heavy (non-hydrogen) atoms. The number of aliphatic imine (C=N–C) groups is 1. The van der Waals surface area contributed by atoms with Crippen LogP contribution in [0.3, 0.4) is 0 Å². The summed E-state index contributed by atoms with van der Waals surface area (Å²) < 4.78 is 40.4. The van der Waals surface area contributed by atoms with Gasteiger partial charge < -0.3 is 14.8 Å². The second-order valence-corrected chi connectivity index (χ2v) is 10.6. The molecular weight excluding hydrogens is 576 g/mol. The molecule has 1 aliphatic carbocycles. The van der Waals surface area contributed by atoms with E-state index >= 15 is 0 Å². The number of esters is 2. The monoisotopic (exact) mass is 605 g/mol. The summed E-state index contributed by atoms with van der Waals surface area (Å²) in [6, 6.07) is 1.24. The Labute approximate surface area is 245 Å². The zero-order valence-corrected chi connectivity index (χ0v) is 23.3. The quantitative estimate of drug-likeness (QED) is 0.278. The number of ether oxygens (including phenoxy) is 2. The molecule has 0 amide bonds. The maximum Gasteiger partial charge on any atom is 0.338 e. The minimum atomic E-state index is -1.21. The van der Waals surface area contributed by atoms with Crippen molar-refractivity contribution in [2.24, 2.45) is 10.9 Å². The summed E-state index contributed by atoms with van der Waals surface area (Å²) >= 11 is 7.62. The molecule has 0 bridgehead atoms. The first-order valence-electron chi connectivity index (χ1n) is 12.7. The number of amidine groups is 1. The second kappa shape index (κ2) is 12.9. The van der Waals surface area contributed by atoms with Crippen LogP contribution in [-0.4, -0.2) is 46.3 Å². The Morgan fingerprint density at radius 1 is 1.29 bits per heavy atom. The van der Waals surface area contributed by atoms with Crippen molar-refractivity contribution in [2.45, 2.75) is 52.6 Å². The summed E-state index contributed by atoms with van der Waals surface area (Å²) in [6.07, 6.45) is 5.60. The fraction of sp³-hybridized carbons (Fsp3) is 0.393. The van der Waals surface area contributed by atoms with Crippen LogP contribution >= 0.6 is 22.9 Å². The highest BCUT2D eigenvalue weighted by atomic mass is 35.5. The first kappa shape index (κ1) is 30.3. The van der Waals surface area contributed by atoms with Gasteiger partial charge in [-0.15, -0.1) is 11.3 Å². The average molecular weight is 606 g/mol. The third-order valence-corrected chi connectivity index (χ3v) is 8.04. The zero-order chi connectivity index (χ0) is 28.4. The number of hydrogen-bond acceptors (Lipinski definition) is 9. The van der Waals surface area contributed by atoms with E-state index in [0.29, 0.717) is 42.3 Å². The number of nitrogens with one attached hydrogen (secondary N) is 1. The van der Waals surface area contributed by atoms with Crippen LogP contribution in [0.2, 0.25) is 5.02 Å². The molecule has 0 spiro atoms. The summed E-state index contributed by atoms with van der Waals surface area (Å²) in [6.45, 7) is 2.18. The Bertz CT molecular complexity index is 1510. The van der Waals surface area contributed by atoms with E-state index < -0.39 is 28.7 Å². The topological polar surface area (TPSA) is 108 Å². The van der Waals surface area contributed by atoms with Crippen molar-refractivity contribution in [1.29, 1.82) is 0 Å². The lowest BCUT2D eigenvalue weighted by Gasteiger charge is -2.33. The molecule has 9 nitrogen and oxygen atoms in total. The second-order valence-electron chi connectivity index (χ2n) is 9.28. The summed E-state index contributed by atoms with van der Waals surface area (Å²) in [5, 5.41) is 9.89. The van der Waals surface area contributed by atoms with Crippen molar-refractivity contribution in [3.63, 3.8) is 0 Å². The van der Waals surface area contributed by atoms with Crippen LogP contribution in [0, 0.1) is 17.6 Å². The highest BCUT2D eigenvalue weighted by Gasteiger charge is 2.38. The fourth-order valence-electron chi connectivity index (χ4n) is 4.96. The number of aromatic nitrogens is 3. The number of nitrogens with zero attached hydrogens (tertiary/aromatic N) is 4. The molecule has 0 saturated carbocycles. The number of carbonyl (C=O) groups excluding carboxylic acids is 2. The molecule has 218 valence electrons. The number of rotatable bonds is 8. The predicted octanol–water partition coefficient (Wildman–Crippen LogP) is 5.18. The van der Waals surface area contributed by atoms with Crippen LogP contribution in [0.25, 0.3) is 0 Å². The van der Waals surface area contributed by atoms with Gasteiger partial charge in [0.2, 0.25) is 0 Å². The Morgan fingerprint density at radius 3 is 2.80 bits per heavy atom. The summed E-state index contributed by atoms with van der Waals surface area (Å²) in [4.78, 5) is 34.1. The van der Waals surface area contributed by atoms with E-state index in [9.17, 15) is 18.4 Å². The minimum Gasteiger partial charge on any atom is -0.469 e. The fourth-order valence-corrected chi connectivity index (χ4v) is 5.81. The number of halogens is 3. The molecule has 1 aromatic carbocycles. The van der Waals surface area contributed by atoms with Gasteiger partial charge in [-0.25, -0.2) is 18.6 Å². The maximum absolute atomic E-state index is 14.6. The van der Waals surface area contributed by atoms with Crippen molar-refractivity contribution in [2.75, 3.05) is 13.7 Å². The molecule has 3 aromatic rings. The summed E-state index contributed by atoms with van der Waals surface area (Å²) in [5.41, 5.74) is 2.77. The molecule has 1 N–H and O–H groups in total. The van der Waals surface area contributed by atoms with E-state index in [-0.39, 0.29) is 43.5 Å². The highest BCUT2D eigenvalue weighted by Crippen LogP contribution is 2.41. The lowest BCUT2D eigenvalue weighted by atomic mass is 9.81. The van der Waals surface area contributed by atoms with Crippen molar-refractivity contribution in [3.05, 3.63) is 79.7 Å². The van der Waals surface area contributed by atoms with Crippen molar-refractivity contribution in [1.82, 2.24) is 20.1 Å². The number of fused-ring (bicyclic) bond motifs is 1. The smallest absolute Gasteiger partial charge is 0.338 e. The number of methoxy groups -OCH3 is 1. The van der Waals surface area contributed by atoms with Gasteiger partial charge in [0.1, 0.15) is 6.04 Å². The van der Waals surface area contributed by atoms with E-state index in [1.165, 1.54) is 24.5 Å². The lowest BCUT2D eigenvalue weighted by molar-refractivity contribution is -0.141. The van der Waals surface area contributed by atoms with E-state index in [0.717, 1.165) is 17.3 Å². The number of benzene rings is 1. The molecule has 2 atom stereocenters. The van der Waals surface area contributed by atoms with Crippen LogP contribution in [0.15, 0.2) is 46.2 Å². The first-order chi connectivity index (χ1) is 19.3. The van der Waals surface area contributed by atoms with E-state index in [4.69, 9.17) is 26.1 Å². The van der Waals surface area contributed by atoms with Crippen molar-refractivity contribution >= 4 is 40.7 Å². The summed E-state index contributed by atoms with van der Waals surface area (Å²) in [7, 11) is 1.34. The van der Waals surface area contributed by atoms with Crippen LogP contribution in [0.1, 0.15) is 55.1 Å². The van der Waals surface area contributed by atoms with Crippen molar-refractivity contribution in [3.8, 4) is 0 Å². The number of thiazole rings is 1. The SMILES string of the molecule is C.CCOC(=O)C1=C(C2CCc3cn(CCC(=O)OC)nc3C2)NC(c2nccs2)=NC1c1ccc(F)c(F)c1Cl. The lowest BCUT2D eigenvalue weighted by Crippen LogP contribution is -2.38. The van der Waals surface area contributed by atoms with Gasteiger partial charge >= 0.3 is 11.9 Å². The third kappa shape index (κ3) is 6.18. The van der Waals surface area contributed by atoms with E-state index in [2.05, 4.69) is 15.4 Å². The van der Waals surface area contributed by atoms with Gasteiger partial charge in [-0.1, -0.05) is 25.1 Å². The maximum atomic E-state index is 14.6. The molecule has 1 aliphatic heterocycles. The molecule has 2 aromatic heterocycles. The predicted molar refractivity (Wildman–Crippen MR) is 151 cm³/mol. The zero-order valence-electron chi connectivity index (χ0n) is 21.7. The molecule has 2 aliphatic rings. The van der Waals surface area contributed by atoms with E-state index in [1.54, 1.807) is 23.2 Å². The number of allylic oxidation sites excluding steroid dienone is 1. The molecule has 3 heterocycles. The largest absolute Gasteiger partial charge is 0.469 e. The molecule has 0 fully saturated rings. The number of hydrogen-bond donors (Lipinski definition) is 1. The average Bonchev–Trinajstić information content (AvgIpc) is 3.64. The normalized spacial score (nSPS) is 18.1. The molecule has 5 rings (SSSR count). The van der Waals surface area contributed by atoms with Gasteiger partial charge in [0.25, 0.3) is 0 Å². The minimum absolute atomic E-state index is 0. The first-order valence-corrected chi connectivity index (χ1v) is 14.0. The Hall–Kier alpha value is -3.64. The van der Waals surface area contributed by atoms with Gasteiger partial charge in [-0.05, 0) is 31.4 Å². The van der Waals surface area contributed by atoms with Gasteiger partial charge in [0.15, 0.2) is 22.5 Å². The van der Waals surface area contributed by atoms with Crippen LogP contribution < -0.4 is 5.32 Å². The third-order valence-electron chi connectivity index (χ3n) is 6.87. The number of carbonyl (C=O) groups is 2. The van der Waals surface area contributed by atoms with Gasteiger partial charge in [-0.2, -0.15) is 5.10 Å². The Morgan fingerprint density at radius 2 is 2.10 bits per heavy atom. The van der Waals surface area contributed by atoms with Gasteiger partial charge in [0, 0.05) is 41.4 Å². The molecular formula is C28H30ClF2N5O4S. The standard InChI is InChI=1S/C27H26ClF2N5O4S.CH4/c1-3-39-27(37)20-23(14-4-5-15-13-35(34-18(15)12-14)10-8-19(36)38-2)32-25(26-31-9-11-40-26)33-24(20)16-6-7-17(29)22(30)21(16)28;/h6-7,9,11,13-14,24H,3-5,8,10,12H2,1-2H3,(H,32,33);1H4. The molecule has 2 unspecified atom stereocenters. The molecule has 0 radical (unpaired) electrons. The molecule has 13 heteroatoms. The molecule has 0 saturated heterocycles. The van der Waals surface area contributed by atoms with Crippen LogP contribution in [0.5, 0.6) is 0 Å².